The van der Waals surface area contributed by atoms with Gasteiger partial charge in [0.2, 0.25) is 0 Å². The lowest BCUT2D eigenvalue weighted by Crippen LogP contribution is -2.25. The number of hydrogen-bond acceptors (Lipinski definition) is 4. The van der Waals surface area contributed by atoms with Crippen LogP contribution in [0.2, 0.25) is 0 Å². The van der Waals surface area contributed by atoms with Gasteiger partial charge in [0.25, 0.3) is 0 Å². The molecule has 0 aromatic heterocycles. The topological polar surface area (TPSA) is 69.4 Å². The molecule has 0 atom stereocenters. The number of benzene rings is 2. The standard InChI is InChI=1S/C18H18N4OS/c1-13-5-3-4-6-17(13)20-18(24)22-21-14(2)15-7-9-16(10-8-15)23-12-11-19/h3-10H,12H2,1-2H3,(H2,20,22,24)/b21-14-. The van der Waals surface area contributed by atoms with Crippen molar-refractivity contribution in [3.05, 3.63) is 59.7 Å². The van der Waals surface area contributed by atoms with Crippen molar-refractivity contribution in [2.75, 3.05) is 11.9 Å². The summed E-state index contributed by atoms with van der Waals surface area (Å²) in [5, 5.41) is 16.3. The van der Waals surface area contributed by atoms with Crippen LogP contribution in [0.5, 0.6) is 5.75 Å². The Balaban J connectivity index is 1.94. The molecule has 0 unspecified atom stereocenters. The summed E-state index contributed by atoms with van der Waals surface area (Å²) in [6, 6.07) is 17.2. The third-order valence-electron chi connectivity index (χ3n) is 3.29. The minimum atomic E-state index is 0.0345. The van der Waals surface area contributed by atoms with Crippen LogP contribution in [0.15, 0.2) is 53.6 Å². The largest absolute Gasteiger partial charge is 0.479 e. The van der Waals surface area contributed by atoms with E-state index in [2.05, 4.69) is 15.8 Å². The molecule has 0 bridgehead atoms. The molecule has 0 spiro atoms. The maximum Gasteiger partial charge on any atom is 0.191 e. The normalized spacial score (nSPS) is 10.6. The van der Waals surface area contributed by atoms with Crippen molar-refractivity contribution in [1.29, 1.82) is 5.26 Å². The second kappa shape index (κ2) is 8.65. The fourth-order valence-corrected chi connectivity index (χ4v) is 2.13. The molecule has 0 fully saturated rings. The van der Waals surface area contributed by atoms with E-state index in [1.807, 2.05) is 56.3 Å². The summed E-state index contributed by atoms with van der Waals surface area (Å²) >= 11 is 5.25. The van der Waals surface area contributed by atoms with Crippen molar-refractivity contribution in [1.82, 2.24) is 5.43 Å². The van der Waals surface area contributed by atoms with E-state index in [0.717, 1.165) is 22.5 Å². The predicted octanol–water partition coefficient (Wildman–Crippen LogP) is 3.61. The molecular formula is C18H18N4OS. The van der Waals surface area contributed by atoms with E-state index in [1.54, 1.807) is 12.1 Å². The Morgan fingerprint density at radius 3 is 2.58 bits per heavy atom. The molecule has 2 aromatic rings. The number of nitriles is 1. The van der Waals surface area contributed by atoms with Gasteiger partial charge in [0.15, 0.2) is 11.7 Å². The number of thiocarbonyl (C=S) groups is 1. The number of ether oxygens (including phenoxy) is 1. The molecule has 6 heteroatoms. The molecule has 0 heterocycles. The minimum absolute atomic E-state index is 0.0345. The number of hydrogen-bond donors (Lipinski definition) is 2. The molecule has 2 aromatic carbocycles. The number of nitrogens with zero attached hydrogens (tertiary/aromatic N) is 2. The highest BCUT2D eigenvalue weighted by molar-refractivity contribution is 7.80. The van der Waals surface area contributed by atoms with Gasteiger partial charge in [-0.15, -0.1) is 0 Å². The molecule has 5 nitrogen and oxygen atoms in total. The number of rotatable bonds is 5. The zero-order valence-electron chi connectivity index (χ0n) is 13.5. The summed E-state index contributed by atoms with van der Waals surface area (Å²) in [4.78, 5) is 0. The average Bonchev–Trinajstić information content (AvgIpc) is 2.60. The molecule has 2 rings (SSSR count). The van der Waals surface area contributed by atoms with Gasteiger partial charge >= 0.3 is 0 Å². The van der Waals surface area contributed by atoms with Crippen LogP contribution < -0.4 is 15.5 Å². The molecule has 0 saturated carbocycles. The summed E-state index contributed by atoms with van der Waals surface area (Å²) in [6.07, 6.45) is 0. The van der Waals surface area contributed by atoms with Gasteiger partial charge in [0.05, 0.1) is 5.71 Å². The quantitative estimate of drug-likeness (QED) is 0.495. The summed E-state index contributed by atoms with van der Waals surface area (Å²) in [5.41, 5.74) is 6.62. The summed E-state index contributed by atoms with van der Waals surface area (Å²) in [6.45, 7) is 3.93. The first-order valence-corrected chi connectivity index (χ1v) is 7.78. The van der Waals surface area contributed by atoms with Gasteiger partial charge in [-0.05, 0) is 67.5 Å². The third-order valence-corrected chi connectivity index (χ3v) is 3.49. The molecule has 0 aliphatic rings. The van der Waals surface area contributed by atoms with Crippen LogP contribution in [0, 0.1) is 18.3 Å². The lowest BCUT2D eigenvalue weighted by Gasteiger charge is -2.10. The van der Waals surface area contributed by atoms with Crippen molar-refractivity contribution in [3.8, 4) is 11.8 Å². The smallest absolute Gasteiger partial charge is 0.191 e. The fourth-order valence-electron chi connectivity index (χ4n) is 1.97. The van der Waals surface area contributed by atoms with Crippen LogP contribution in [0.4, 0.5) is 5.69 Å². The molecule has 2 N–H and O–H groups in total. The van der Waals surface area contributed by atoms with Crippen molar-refractivity contribution in [2.24, 2.45) is 5.10 Å². The van der Waals surface area contributed by atoms with Crippen LogP contribution >= 0.6 is 12.2 Å². The van der Waals surface area contributed by atoms with Crippen molar-refractivity contribution in [2.45, 2.75) is 13.8 Å². The molecule has 0 saturated heterocycles. The van der Waals surface area contributed by atoms with Gasteiger partial charge in [-0.3, -0.25) is 5.43 Å². The van der Waals surface area contributed by atoms with Crippen LogP contribution in [0.25, 0.3) is 0 Å². The van der Waals surface area contributed by atoms with E-state index in [-0.39, 0.29) is 6.61 Å². The van der Waals surface area contributed by atoms with E-state index in [1.165, 1.54) is 0 Å². The highest BCUT2D eigenvalue weighted by Gasteiger charge is 2.02. The lowest BCUT2D eigenvalue weighted by molar-refractivity contribution is 0.368. The number of nitrogens with one attached hydrogen (secondary N) is 2. The molecule has 0 radical (unpaired) electrons. The second-order valence-corrected chi connectivity index (χ2v) is 5.46. The highest BCUT2D eigenvalue weighted by Crippen LogP contribution is 2.14. The van der Waals surface area contributed by atoms with Gasteiger partial charge in [0, 0.05) is 5.69 Å². The molecule has 122 valence electrons. The van der Waals surface area contributed by atoms with Crippen molar-refractivity contribution in [3.63, 3.8) is 0 Å². The molecule has 24 heavy (non-hydrogen) atoms. The first-order valence-electron chi connectivity index (χ1n) is 7.37. The van der Waals surface area contributed by atoms with Crippen LogP contribution in [-0.2, 0) is 0 Å². The molecular weight excluding hydrogens is 320 g/mol. The number of anilines is 1. The molecule has 0 aliphatic heterocycles. The number of aryl methyl sites for hydroxylation is 1. The Morgan fingerprint density at radius 1 is 1.21 bits per heavy atom. The summed E-state index contributed by atoms with van der Waals surface area (Å²) in [5.74, 6) is 0.651. The average molecular weight is 338 g/mol. The second-order valence-electron chi connectivity index (χ2n) is 5.05. The first-order chi connectivity index (χ1) is 11.6. The van der Waals surface area contributed by atoms with Gasteiger partial charge in [-0.25, -0.2) is 0 Å². The monoisotopic (exact) mass is 338 g/mol. The minimum Gasteiger partial charge on any atom is -0.479 e. The molecule has 0 aliphatic carbocycles. The van der Waals surface area contributed by atoms with Crippen LogP contribution in [-0.4, -0.2) is 17.4 Å². The third kappa shape index (κ3) is 5.07. The van der Waals surface area contributed by atoms with Crippen LogP contribution in [0.3, 0.4) is 0 Å². The Labute approximate surface area is 147 Å². The Bertz CT molecular complexity index is 778. The predicted molar refractivity (Wildman–Crippen MR) is 100 cm³/mol. The Morgan fingerprint density at radius 2 is 1.92 bits per heavy atom. The SMILES string of the molecule is C/C(=N/NC(=S)Nc1ccccc1C)c1ccc(OCC#N)cc1. The summed E-state index contributed by atoms with van der Waals surface area (Å²) in [7, 11) is 0. The van der Waals surface area contributed by atoms with Crippen molar-refractivity contribution >= 4 is 28.7 Å². The van der Waals surface area contributed by atoms with Gasteiger partial charge in [-0.2, -0.15) is 10.4 Å². The van der Waals surface area contributed by atoms with Gasteiger partial charge in [-0.1, -0.05) is 18.2 Å². The molecule has 0 amide bonds. The van der Waals surface area contributed by atoms with Crippen LogP contribution in [0.1, 0.15) is 18.1 Å². The van der Waals surface area contributed by atoms with Crippen molar-refractivity contribution < 1.29 is 4.74 Å². The maximum atomic E-state index is 8.49. The number of para-hydroxylation sites is 1. The maximum absolute atomic E-state index is 8.49. The first kappa shape index (κ1) is 17.4. The van der Waals surface area contributed by atoms with Gasteiger partial charge < -0.3 is 10.1 Å². The van der Waals surface area contributed by atoms with E-state index in [0.29, 0.717) is 10.9 Å². The number of hydrazone groups is 1. The Hall–Kier alpha value is -2.91. The highest BCUT2D eigenvalue weighted by atomic mass is 32.1. The Kier molecular flexibility index (Phi) is 6.29. The van der Waals surface area contributed by atoms with E-state index in [4.69, 9.17) is 22.2 Å². The van der Waals surface area contributed by atoms with E-state index >= 15 is 0 Å². The summed E-state index contributed by atoms with van der Waals surface area (Å²) < 4.78 is 5.22. The van der Waals surface area contributed by atoms with E-state index in [9.17, 15) is 0 Å². The van der Waals surface area contributed by atoms with Gasteiger partial charge in [0.1, 0.15) is 11.8 Å². The van der Waals surface area contributed by atoms with E-state index < -0.39 is 0 Å². The lowest BCUT2D eigenvalue weighted by atomic mass is 10.1. The zero-order chi connectivity index (χ0) is 17.4. The fraction of sp³-hybridized carbons (Fsp3) is 0.167. The zero-order valence-corrected chi connectivity index (χ0v) is 14.4.